The quantitative estimate of drug-likeness (QED) is 0.260. The van der Waals surface area contributed by atoms with Crippen molar-refractivity contribution in [1.82, 2.24) is 34.1 Å². The van der Waals surface area contributed by atoms with E-state index in [1.807, 2.05) is 137 Å². The van der Waals surface area contributed by atoms with E-state index < -0.39 is 0 Å². The Morgan fingerprint density at radius 1 is 0.462 bits per heavy atom. The maximum Gasteiger partial charge on any atom is 0.242 e. The first-order chi connectivity index (χ1) is 19.2. The normalized spacial score (nSPS) is 11.3. The van der Waals surface area contributed by atoms with E-state index in [4.69, 9.17) is 24.9 Å². The van der Waals surface area contributed by atoms with Crippen molar-refractivity contribution in [2.24, 2.45) is 0 Å². The summed E-state index contributed by atoms with van der Waals surface area (Å²) in [7, 11) is 0. The Bertz CT molecular complexity index is 1800. The number of anilines is 3. The summed E-state index contributed by atoms with van der Waals surface area (Å²) in [4.78, 5) is 26.7. The number of rotatable bonds is 5. The molecule has 0 radical (unpaired) electrons. The molecule has 0 saturated carbocycles. The summed E-state index contributed by atoms with van der Waals surface area (Å²) in [5, 5.41) is 0. The molecule has 0 atom stereocenters. The van der Waals surface area contributed by atoms with Crippen LogP contribution in [0.5, 0.6) is 0 Å². The lowest BCUT2D eigenvalue weighted by molar-refractivity contribution is 0.822. The van der Waals surface area contributed by atoms with Crippen LogP contribution in [0.2, 0.25) is 0 Å². The topological polar surface area (TPSA) is 77.5 Å². The Balaban J connectivity index is 1.55. The Morgan fingerprint density at radius 3 is 1.33 bits per heavy atom. The van der Waals surface area contributed by atoms with Gasteiger partial charge in [0.25, 0.3) is 0 Å². The first-order valence-corrected chi connectivity index (χ1v) is 12.7. The average Bonchev–Trinajstić information content (AvgIpc) is 3.49. The summed E-state index contributed by atoms with van der Waals surface area (Å²) in [5.74, 6) is 3.03. The zero-order chi connectivity index (χ0) is 26.3. The fraction of sp³-hybridized carbons (Fsp3) is 0.0645. The molecule has 0 fully saturated rings. The monoisotopic (exact) mass is 508 g/mol. The van der Waals surface area contributed by atoms with Crippen LogP contribution in [0.1, 0.15) is 11.6 Å². The molecule has 8 heteroatoms. The molecule has 4 aromatic carbocycles. The summed E-state index contributed by atoms with van der Waals surface area (Å²) in [6, 6.07) is 36.2. The van der Waals surface area contributed by atoms with Gasteiger partial charge in [0.05, 0.1) is 22.1 Å². The molecule has 188 valence electrons. The minimum atomic E-state index is 0.482. The second kappa shape index (κ2) is 9.18. The summed E-state index contributed by atoms with van der Waals surface area (Å²) >= 11 is 0. The zero-order valence-electron chi connectivity index (χ0n) is 21.5. The lowest BCUT2D eigenvalue weighted by Gasteiger charge is -2.24. The van der Waals surface area contributed by atoms with E-state index in [9.17, 15) is 0 Å². The number of imidazole rings is 2. The van der Waals surface area contributed by atoms with Crippen molar-refractivity contribution in [2.45, 2.75) is 13.8 Å². The number of nitrogens with zero attached hydrogens (tertiary/aromatic N) is 8. The van der Waals surface area contributed by atoms with E-state index in [1.165, 1.54) is 0 Å². The first-order valence-electron chi connectivity index (χ1n) is 12.7. The standard InChI is InChI=1S/C31H24N8/c1-21-32-25-17-9-11-19-27(25)37(21)29-34-30(38-22(2)33-26-18-10-12-20-28(26)38)36-31(35-29)39(23-13-5-3-6-14-23)24-15-7-4-8-16-24/h3-20H,1-2H3. The minimum absolute atomic E-state index is 0.482. The van der Waals surface area contributed by atoms with Gasteiger partial charge in [0.15, 0.2) is 0 Å². The molecule has 7 aromatic rings. The Morgan fingerprint density at radius 2 is 0.872 bits per heavy atom. The van der Waals surface area contributed by atoms with Gasteiger partial charge >= 0.3 is 0 Å². The predicted octanol–water partition coefficient (Wildman–Crippen LogP) is 6.64. The van der Waals surface area contributed by atoms with Crippen molar-refractivity contribution in [3.63, 3.8) is 0 Å². The van der Waals surface area contributed by atoms with Crippen molar-refractivity contribution in [2.75, 3.05) is 4.90 Å². The lowest BCUT2D eigenvalue weighted by atomic mass is 10.2. The van der Waals surface area contributed by atoms with Crippen LogP contribution in [0.25, 0.3) is 34.0 Å². The second-order valence-electron chi connectivity index (χ2n) is 9.21. The molecule has 3 heterocycles. The van der Waals surface area contributed by atoms with E-state index in [-0.39, 0.29) is 0 Å². The molecular weight excluding hydrogens is 484 g/mol. The molecule has 0 spiro atoms. The zero-order valence-corrected chi connectivity index (χ0v) is 21.5. The number of aromatic nitrogens is 7. The number of benzene rings is 4. The molecular formula is C31H24N8. The number of fused-ring (bicyclic) bond motifs is 2. The predicted molar refractivity (Wildman–Crippen MR) is 153 cm³/mol. The van der Waals surface area contributed by atoms with E-state index >= 15 is 0 Å². The van der Waals surface area contributed by atoms with Gasteiger partial charge in [0.2, 0.25) is 17.8 Å². The van der Waals surface area contributed by atoms with E-state index in [0.29, 0.717) is 17.8 Å². The van der Waals surface area contributed by atoms with E-state index in [2.05, 4.69) is 0 Å². The minimum Gasteiger partial charge on any atom is -0.279 e. The third kappa shape index (κ3) is 3.90. The van der Waals surface area contributed by atoms with Crippen molar-refractivity contribution >= 4 is 39.4 Å². The van der Waals surface area contributed by atoms with Crippen molar-refractivity contribution in [1.29, 1.82) is 0 Å². The van der Waals surface area contributed by atoms with E-state index in [1.54, 1.807) is 0 Å². The molecule has 0 aliphatic heterocycles. The van der Waals surface area contributed by atoms with Gasteiger partial charge in [-0.2, -0.15) is 15.0 Å². The Labute approximate surface area is 224 Å². The number of hydrogen-bond donors (Lipinski definition) is 0. The van der Waals surface area contributed by atoms with Crippen LogP contribution in [0.4, 0.5) is 17.3 Å². The van der Waals surface area contributed by atoms with Crippen LogP contribution in [0, 0.1) is 13.8 Å². The molecule has 39 heavy (non-hydrogen) atoms. The van der Waals surface area contributed by atoms with Gasteiger partial charge in [0, 0.05) is 11.4 Å². The third-order valence-electron chi connectivity index (χ3n) is 6.69. The highest BCUT2D eigenvalue weighted by atomic mass is 15.4. The van der Waals surface area contributed by atoms with Crippen molar-refractivity contribution < 1.29 is 0 Å². The largest absolute Gasteiger partial charge is 0.279 e. The maximum absolute atomic E-state index is 5.05. The highest BCUT2D eigenvalue weighted by Gasteiger charge is 2.22. The molecule has 8 nitrogen and oxygen atoms in total. The molecule has 0 unspecified atom stereocenters. The summed E-state index contributed by atoms with van der Waals surface area (Å²) < 4.78 is 3.96. The van der Waals surface area contributed by atoms with Crippen molar-refractivity contribution in [3.8, 4) is 11.9 Å². The molecule has 7 rings (SSSR count). The Kier molecular flexibility index (Phi) is 5.37. The molecule has 0 N–H and O–H groups in total. The first kappa shape index (κ1) is 22.8. The SMILES string of the molecule is Cc1nc2ccccc2n1-c1nc(N(c2ccccc2)c2ccccc2)nc(-n2c(C)nc3ccccc32)n1. The average molecular weight is 509 g/mol. The summed E-state index contributed by atoms with van der Waals surface area (Å²) in [6.45, 7) is 3.93. The molecule has 0 amide bonds. The van der Waals surface area contributed by atoms with Gasteiger partial charge < -0.3 is 0 Å². The van der Waals surface area contributed by atoms with Gasteiger partial charge in [-0.25, -0.2) is 9.97 Å². The summed E-state index contributed by atoms with van der Waals surface area (Å²) in [6.07, 6.45) is 0. The number of para-hydroxylation sites is 6. The number of aryl methyl sites for hydroxylation is 2. The van der Waals surface area contributed by atoms with Gasteiger partial charge in [0.1, 0.15) is 11.6 Å². The molecule has 0 aliphatic rings. The highest BCUT2D eigenvalue weighted by Crippen LogP contribution is 2.33. The maximum atomic E-state index is 5.05. The Hall–Kier alpha value is -5.37. The van der Waals surface area contributed by atoms with Gasteiger partial charge in [-0.15, -0.1) is 0 Å². The molecule has 0 saturated heterocycles. The van der Waals surface area contributed by atoms with Crippen molar-refractivity contribution in [3.05, 3.63) is 121 Å². The second-order valence-corrected chi connectivity index (χ2v) is 9.21. The van der Waals surface area contributed by atoms with Crippen LogP contribution < -0.4 is 4.90 Å². The van der Waals surface area contributed by atoms with Gasteiger partial charge in [-0.1, -0.05) is 60.7 Å². The highest BCUT2D eigenvalue weighted by molar-refractivity contribution is 5.79. The third-order valence-corrected chi connectivity index (χ3v) is 6.69. The fourth-order valence-electron chi connectivity index (χ4n) is 4.98. The van der Waals surface area contributed by atoms with Gasteiger partial charge in [-0.05, 0) is 62.4 Å². The lowest BCUT2D eigenvalue weighted by Crippen LogP contribution is -2.18. The molecule has 3 aromatic heterocycles. The van der Waals surface area contributed by atoms with Crippen LogP contribution in [-0.4, -0.2) is 34.1 Å². The van der Waals surface area contributed by atoms with E-state index in [0.717, 1.165) is 45.1 Å². The molecule has 0 aliphatic carbocycles. The van der Waals surface area contributed by atoms with Gasteiger partial charge in [-0.3, -0.25) is 14.0 Å². The smallest absolute Gasteiger partial charge is 0.242 e. The van der Waals surface area contributed by atoms with Crippen LogP contribution in [0.3, 0.4) is 0 Å². The van der Waals surface area contributed by atoms with Crippen LogP contribution in [-0.2, 0) is 0 Å². The number of hydrogen-bond acceptors (Lipinski definition) is 6. The fourth-order valence-corrected chi connectivity index (χ4v) is 4.98. The van der Waals surface area contributed by atoms with Crippen LogP contribution >= 0.6 is 0 Å². The van der Waals surface area contributed by atoms with Crippen LogP contribution in [0.15, 0.2) is 109 Å². The molecule has 0 bridgehead atoms. The summed E-state index contributed by atoms with van der Waals surface area (Å²) in [5.41, 5.74) is 5.49.